The molecule has 2 unspecified atom stereocenters. The maximum atomic E-state index is 13.8. The molecule has 17 heteroatoms. The van der Waals surface area contributed by atoms with Gasteiger partial charge in [0.05, 0.1) is 11.4 Å². The number of aromatic nitrogens is 4. The molecular formula is C53H64N12O5. The second-order valence-corrected chi connectivity index (χ2v) is 20.1. The van der Waals surface area contributed by atoms with Crippen LogP contribution in [0, 0.1) is 5.92 Å². The van der Waals surface area contributed by atoms with E-state index in [0.717, 1.165) is 156 Å². The highest BCUT2D eigenvalue weighted by Crippen LogP contribution is 2.37. The molecule has 5 aromatic rings. The van der Waals surface area contributed by atoms with Crippen LogP contribution in [0.3, 0.4) is 0 Å². The third kappa shape index (κ3) is 9.52. The molecule has 3 aromatic carbocycles. The lowest BCUT2D eigenvalue weighted by molar-refractivity contribution is -0.136. The first-order valence-corrected chi connectivity index (χ1v) is 25.6. The average Bonchev–Trinajstić information content (AvgIpc) is 3.95. The van der Waals surface area contributed by atoms with Gasteiger partial charge in [0.25, 0.3) is 5.91 Å². The summed E-state index contributed by atoms with van der Waals surface area (Å²) in [5, 5.41) is 8.35. The van der Waals surface area contributed by atoms with E-state index in [1.807, 2.05) is 66.7 Å². The van der Waals surface area contributed by atoms with E-state index in [0.29, 0.717) is 36.3 Å². The van der Waals surface area contributed by atoms with Crippen LogP contribution in [0.4, 0.5) is 16.3 Å². The van der Waals surface area contributed by atoms with E-state index in [9.17, 15) is 19.2 Å². The minimum atomic E-state index is -0.595. The second-order valence-electron chi connectivity index (χ2n) is 20.1. The molecule has 70 heavy (non-hydrogen) atoms. The Bertz CT molecular complexity index is 2710. The molecule has 0 spiro atoms. The number of carbonyl (C=O) groups is 4. The Morgan fingerprint density at radius 3 is 2.30 bits per heavy atom. The number of anilines is 2. The first-order chi connectivity index (χ1) is 34.2. The number of carbonyl (C=O) groups excluding carboxylic acids is 4. The third-order valence-electron chi connectivity index (χ3n) is 15.9. The fourth-order valence-corrected chi connectivity index (χ4v) is 11.9. The number of amides is 5. The van der Waals surface area contributed by atoms with Crippen LogP contribution in [0.15, 0.2) is 79.1 Å². The van der Waals surface area contributed by atoms with Crippen LogP contribution >= 0.6 is 0 Å². The van der Waals surface area contributed by atoms with Gasteiger partial charge in [0.15, 0.2) is 5.65 Å². The molecule has 366 valence electrons. The number of fused-ring (bicyclic) bond motifs is 2. The highest BCUT2D eigenvalue weighted by Gasteiger charge is 2.40. The third-order valence-corrected chi connectivity index (χ3v) is 15.9. The summed E-state index contributed by atoms with van der Waals surface area (Å²) in [7, 11) is 0. The molecule has 5 saturated heterocycles. The van der Waals surface area contributed by atoms with Gasteiger partial charge >= 0.3 is 6.03 Å². The van der Waals surface area contributed by atoms with Crippen LogP contribution in [0.2, 0.25) is 0 Å². The second kappa shape index (κ2) is 20.0. The number of hydrogen-bond acceptors (Lipinski definition) is 12. The maximum Gasteiger partial charge on any atom is 0.320 e. The van der Waals surface area contributed by atoms with Crippen molar-refractivity contribution in [2.75, 3.05) is 82.6 Å². The Morgan fingerprint density at radius 1 is 0.771 bits per heavy atom. The van der Waals surface area contributed by atoms with Gasteiger partial charge in [0, 0.05) is 94.7 Å². The van der Waals surface area contributed by atoms with Crippen molar-refractivity contribution in [1.29, 1.82) is 0 Å². The van der Waals surface area contributed by atoms with Crippen molar-refractivity contribution < 1.29 is 23.9 Å². The lowest BCUT2D eigenvalue weighted by atomic mass is 9.91. The van der Waals surface area contributed by atoms with E-state index in [-0.39, 0.29) is 36.2 Å². The molecule has 11 rings (SSSR count). The number of nitrogen functional groups attached to an aromatic ring is 1. The molecule has 2 atom stereocenters. The van der Waals surface area contributed by atoms with Crippen molar-refractivity contribution in [1.82, 2.24) is 49.6 Å². The fourth-order valence-electron chi connectivity index (χ4n) is 11.9. The number of piperidine rings is 4. The van der Waals surface area contributed by atoms with Crippen molar-refractivity contribution in [3.05, 3.63) is 90.3 Å². The van der Waals surface area contributed by atoms with Gasteiger partial charge in [-0.2, -0.15) is 5.10 Å². The SMILES string of the molecule is Nc1ncnc2c1c(-c1ccc(Oc3ccccc3)cc1)nn2C1CCCN(C2CCN(C(=O)N3CCN(CCCC4CCN(c5ccc6c(c5)CN(C5CCC(=O)NC5=O)C6=O)CC4)CC3)CC2)C1. The van der Waals surface area contributed by atoms with Gasteiger partial charge in [-0.1, -0.05) is 18.2 Å². The van der Waals surface area contributed by atoms with Crippen molar-refractivity contribution in [2.45, 2.75) is 88.9 Å². The number of para-hydroxylation sites is 1. The number of hydrogen-bond donors (Lipinski definition) is 2. The number of nitrogens with one attached hydrogen (secondary N) is 1. The predicted molar refractivity (Wildman–Crippen MR) is 266 cm³/mol. The molecular weight excluding hydrogens is 885 g/mol. The molecule has 6 aliphatic heterocycles. The Labute approximate surface area is 408 Å². The van der Waals surface area contributed by atoms with E-state index in [4.69, 9.17) is 20.6 Å². The molecule has 2 aromatic heterocycles. The van der Waals surface area contributed by atoms with Gasteiger partial charge in [-0.25, -0.2) is 19.4 Å². The Morgan fingerprint density at radius 2 is 1.53 bits per heavy atom. The number of likely N-dealkylation sites (tertiary alicyclic amines) is 2. The predicted octanol–water partition coefficient (Wildman–Crippen LogP) is 6.16. The van der Waals surface area contributed by atoms with Crippen LogP contribution in [-0.4, -0.2) is 152 Å². The summed E-state index contributed by atoms with van der Waals surface area (Å²) in [6.07, 6.45) is 10.8. The summed E-state index contributed by atoms with van der Waals surface area (Å²) in [6, 6.07) is 23.9. The van der Waals surface area contributed by atoms with Gasteiger partial charge < -0.3 is 30.1 Å². The average molecular weight is 949 g/mol. The summed E-state index contributed by atoms with van der Waals surface area (Å²) in [5.74, 6) is 1.86. The zero-order chi connectivity index (χ0) is 47.7. The van der Waals surface area contributed by atoms with Gasteiger partial charge in [-0.05, 0) is 137 Å². The topological polar surface area (TPSA) is 179 Å². The number of imide groups is 1. The summed E-state index contributed by atoms with van der Waals surface area (Å²) >= 11 is 0. The van der Waals surface area contributed by atoms with Crippen LogP contribution in [0.5, 0.6) is 11.5 Å². The summed E-state index contributed by atoms with van der Waals surface area (Å²) in [5.41, 5.74) is 11.7. The number of benzene rings is 3. The molecule has 8 heterocycles. The monoisotopic (exact) mass is 949 g/mol. The molecule has 5 fully saturated rings. The molecule has 0 aliphatic carbocycles. The first kappa shape index (κ1) is 45.8. The van der Waals surface area contributed by atoms with Crippen molar-refractivity contribution in [3.63, 3.8) is 0 Å². The smallest absolute Gasteiger partial charge is 0.320 e. The largest absolute Gasteiger partial charge is 0.457 e. The van der Waals surface area contributed by atoms with Crippen molar-refractivity contribution in [2.24, 2.45) is 5.92 Å². The molecule has 0 radical (unpaired) electrons. The first-order valence-electron chi connectivity index (χ1n) is 25.6. The normalized spacial score (nSPS) is 22.2. The highest BCUT2D eigenvalue weighted by molar-refractivity contribution is 6.05. The van der Waals surface area contributed by atoms with Crippen LogP contribution < -0.4 is 20.7 Å². The summed E-state index contributed by atoms with van der Waals surface area (Å²) < 4.78 is 8.12. The quantitative estimate of drug-likeness (QED) is 0.144. The zero-order valence-corrected chi connectivity index (χ0v) is 40.0. The molecule has 5 amide bonds. The fraction of sp³-hybridized carbons (Fsp3) is 0.491. The van der Waals surface area contributed by atoms with E-state index < -0.39 is 6.04 Å². The number of ether oxygens (including phenoxy) is 1. The summed E-state index contributed by atoms with van der Waals surface area (Å²) in [4.78, 5) is 73.6. The van der Waals surface area contributed by atoms with Gasteiger partial charge in [-0.3, -0.25) is 29.5 Å². The van der Waals surface area contributed by atoms with Gasteiger partial charge in [0.1, 0.15) is 35.4 Å². The Balaban J connectivity index is 0.608. The highest BCUT2D eigenvalue weighted by atomic mass is 16.5. The lowest BCUT2D eigenvalue weighted by Crippen LogP contribution is -2.56. The lowest BCUT2D eigenvalue weighted by Gasteiger charge is -2.44. The van der Waals surface area contributed by atoms with Gasteiger partial charge in [0.2, 0.25) is 11.8 Å². The number of nitrogens with two attached hydrogens (primary N) is 1. The zero-order valence-electron chi connectivity index (χ0n) is 40.0. The van der Waals surface area contributed by atoms with Crippen molar-refractivity contribution >= 4 is 46.3 Å². The van der Waals surface area contributed by atoms with Crippen molar-refractivity contribution in [3.8, 4) is 22.8 Å². The number of rotatable bonds is 11. The standard InChI is InChI=1S/C53H64N12O5/c54-49-47-48(37-10-13-43(14-11-37)70-42-8-2-1-3-9-42)58-65(50(47)56-35-55-49)41-7-5-23-63(34-41)39-20-26-61(27-21-39)53(69)62-30-28-59(29-31-62)22-4-6-36-18-24-60(25-19-36)40-12-15-44-38(32-40)33-64(52(44)68)45-16-17-46(66)57-51(45)67/h1-3,8-15,32,35-36,39,41,45H,4-7,16-31,33-34H2,(H2,54,55,56)(H,57,66,67). The molecule has 0 saturated carbocycles. The minimum absolute atomic E-state index is 0.128. The molecule has 17 nitrogen and oxygen atoms in total. The van der Waals surface area contributed by atoms with E-state index >= 15 is 0 Å². The molecule has 0 bridgehead atoms. The van der Waals surface area contributed by atoms with E-state index in [2.05, 4.69) is 45.5 Å². The summed E-state index contributed by atoms with van der Waals surface area (Å²) in [6.45, 7) is 10.3. The molecule has 3 N–H and O–H groups in total. The Hall–Kier alpha value is -6.59. The van der Waals surface area contributed by atoms with E-state index in [1.165, 1.54) is 19.2 Å². The Kier molecular flexibility index (Phi) is 13.1. The van der Waals surface area contributed by atoms with Crippen LogP contribution in [-0.2, 0) is 16.1 Å². The van der Waals surface area contributed by atoms with Gasteiger partial charge in [-0.15, -0.1) is 0 Å². The maximum absolute atomic E-state index is 13.8. The number of nitrogens with zero attached hydrogens (tertiary/aromatic N) is 10. The van der Waals surface area contributed by atoms with E-state index in [1.54, 1.807) is 4.90 Å². The van der Waals surface area contributed by atoms with Crippen LogP contribution in [0.1, 0.15) is 86.2 Å². The number of piperazine rings is 1. The minimum Gasteiger partial charge on any atom is -0.457 e. The van der Waals surface area contributed by atoms with Crippen LogP contribution in [0.25, 0.3) is 22.3 Å². The molecule has 6 aliphatic rings. The number of urea groups is 1.